The van der Waals surface area contributed by atoms with Crippen LogP contribution in [0.25, 0.3) is 0 Å². The molecule has 0 aromatic rings. The van der Waals surface area contributed by atoms with Crippen molar-refractivity contribution >= 4 is 5.91 Å². The molecular weight excluding hydrogens is 340 g/mol. The molecule has 2 unspecified atom stereocenters. The van der Waals surface area contributed by atoms with Gasteiger partial charge in [-0.15, -0.1) is 0 Å². The molecule has 1 fully saturated rings. The molecule has 1 aliphatic heterocycles. The van der Waals surface area contributed by atoms with Crippen molar-refractivity contribution in [3.8, 4) is 0 Å². The monoisotopic (exact) mass is 368 g/mol. The second kappa shape index (κ2) is 12.5. The van der Waals surface area contributed by atoms with Crippen LogP contribution in [0.4, 0.5) is 0 Å². The van der Waals surface area contributed by atoms with Crippen LogP contribution in [0.1, 0.15) is 0 Å². The number of ether oxygens (including phenoxy) is 4. The Labute approximate surface area is 145 Å². The molecule has 0 spiro atoms. The fourth-order valence-electron chi connectivity index (χ4n) is 2.06. The van der Waals surface area contributed by atoms with E-state index in [9.17, 15) is 25.2 Å². The Morgan fingerprint density at radius 3 is 2.32 bits per heavy atom. The van der Waals surface area contributed by atoms with Gasteiger partial charge < -0.3 is 50.4 Å². The normalized spacial score (nSPS) is 29.6. The molecule has 11 heteroatoms. The number of carbonyl (C=O) groups is 1. The van der Waals surface area contributed by atoms with Crippen LogP contribution in [0.15, 0.2) is 0 Å². The van der Waals surface area contributed by atoms with E-state index >= 15 is 0 Å². The van der Waals surface area contributed by atoms with E-state index in [2.05, 4.69) is 5.32 Å². The standard InChI is InChI=1S/C14H28N2O9/c15-1-3-22-5-6-23-4-2-16-10(17)8-24-7-9-11(18)12(19)13(20)14(21)25-9/h9,11-14,18-21H,1-8,15H2,(H,16,17)/t9?,11-,12+,13?,14-/m1/s1. The van der Waals surface area contributed by atoms with Gasteiger partial charge in [0.2, 0.25) is 5.91 Å². The van der Waals surface area contributed by atoms with Gasteiger partial charge in [-0.2, -0.15) is 0 Å². The molecule has 0 aromatic carbocycles. The first-order valence-electron chi connectivity index (χ1n) is 8.05. The number of nitrogens with two attached hydrogens (primary N) is 1. The van der Waals surface area contributed by atoms with E-state index in [-0.39, 0.29) is 13.2 Å². The molecule has 1 rings (SSSR count). The van der Waals surface area contributed by atoms with Crippen molar-refractivity contribution in [2.24, 2.45) is 5.73 Å². The van der Waals surface area contributed by atoms with Crippen LogP contribution >= 0.6 is 0 Å². The molecule has 0 aromatic heterocycles. The van der Waals surface area contributed by atoms with Gasteiger partial charge in [-0.1, -0.05) is 0 Å². The van der Waals surface area contributed by atoms with E-state index in [1.807, 2.05) is 0 Å². The third-order valence-electron chi connectivity index (χ3n) is 3.41. The largest absolute Gasteiger partial charge is 0.387 e. The summed E-state index contributed by atoms with van der Waals surface area (Å²) in [6.45, 7) is 1.86. The minimum Gasteiger partial charge on any atom is -0.387 e. The molecule has 0 saturated carbocycles. The fourth-order valence-corrected chi connectivity index (χ4v) is 2.06. The average molecular weight is 368 g/mol. The second-order valence-corrected chi connectivity index (χ2v) is 5.42. The van der Waals surface area contributed by atoms with Gasteiger partial charge in [0.05, 0.1) is 33.0 Å². The number of hydrogen-bond acceptors (Lipinski definition) is 10. The van der Waals surface area contributed by atoms with Gasteiger partial charge >= 0.3 is 0 Å². The lowest BCUT2D eigenvalue weighted by Gasteiger charge is -2.38. The average Bonchev–Trinajstić information content (AvgIpc) is 2.59. The van der Waals surface area contributed by atoms with Crippen molar-refractivity contribution in [1.82, 2.24) is 5.32 Å². The Morgan fingerprint density at radius 1 is 0.960 bits per heavy atom. The Hall–Kier alpha value is -0.890. The molecule has 7 N–H and O–H groups in total. The van der Waals surface area contributed by atoms with Crippen molar-refractivity contribution in [2.75, 3.05) is 52.7 Å². The zero-order chi connectivity index (χ0) is 18.7. The molecule has 0 aliphatic carbocycles. The minimum absolute atomic E-state index is 0.232. The summed E-state index contributed by atoms with van der Waals surface area (Å²) in [5.41, 5.74) is 5.26. The van der Waals surface area contributed by atoms with E-state index < -0.39 is 36.6 Å². The Morgan fingerprint density at radius 2 is 1.64 bits per heavy atom. The molecule has 11 nitrogen and oxygen atoms in total. The molecule has 1 heterocycles. The van der Waals surface area contributed by atoms with Crippen LogP contribution < -0.4 is 11.1 Å². The lowest BCUT2D eigenvalue weighted by atomic mass is 9.99. The van der Waals surface area contributed by atoms with Crippen molar-refractivity contribution < 1.29 is 44.2 Å². The molecule has 1 aliphatic rings. The summed E-state index contributed by atoms with van der Waals surface area (Å²) in [5.74, 6) is -0.394. The minimum atomic E-state index is -1.63. The first-order chi connectivity index (χ1) is 12.0. The predicted molar refractivity (Wildman–Crippen MR) is 83.4 cm³/mol. The summed E-state index contributed by atoms with van der Waals surface area (Å²) in [4.78, 5) is 11.5. The lowest BCUT2D eigenvalue weighted by Crippen LogP contribution is -2.58. The van der Waals surface area contributed by atoms with Gasteiger partial charge in [0, 0.05) is 13.1 Å². The summed E-state index contributed by atoms with van der Waals surface area (Å²) in [6, 6.07) is 0. The first-order valence-corrected chi connectivity index (χ1v) is 8.05. The Kier molecular flexibility index (Phi) is 11.0. The Bertz CT molecular complexity index is 374. The summed E-state index contributed by atoms with van der Waals surface area (Å²) in [6.07, 6.45) is -7.28. The number of rotatable bonds is 12. The molecule has 5 atom stereocenters. The quantitative estimate of drug-likeness (QED) is 0.186. The summed E-state index contributed by atoms with van der Waals surface area (Å²) >= 11 is 0. The van der Waals surface area contributed by atoms with Crippen LogP contribution in [0.5, 0.6) is 0 Å². The number of amides is 1. The van der Waals surface area contributed by atoms with Crippen LogP contribution in [0.2, 0.25) is 0 Å². The van der Waals surface area contributed by atoms with Crippen LogP contribution in [-0.4, -0.2) is 110 Å². The van der Waals surface area contributed by atoms with E-state index in [1.54, 1.807) is 0 Å². The summed E-state index contributed by atoms with van der Waals surface area (Å²) in [7, 11) is 0. The maximum atomic E-state index is 11.5. The van der Waals surface area contributed by atoms with Crippen LogP contribution in [-0.2, 0) is 23.7 Å². The summed E-state index contributed by atoms with van der Waals surface area (Å²) in [5, 5.41) is 40.5. The van der Waals surface area contributed by atoms with E-state index in [0.717, 1.165) is 0 Å². The van der Waals surface area contributed by atoms with E-state index in [0.29, 0.717) is 39.5 Å². The number of carbonyl (C=O) groups excluding carboxylic acids is 1. The molecule has 0 radical (unpaired) electrons. The van der Waals surface area contributed by atoms with Crippen molar-refractivity contribution in [3.63, 3.8) is 0 Å². The number of nitrogens with one attached hydrogen (secondary N) is 1. The van der Waals surface area contributed by atoms with Crippen molar-refractivity contribution in [3.05, 3.63) is 0 Å². The van der Waals surface area contributed by atoms with Crippen LogP contribution in [0, 0.1) is 0 Å². The first kappa shape index (κ1) is 22.2. The molecule has 1 amide bonds. The van der Waals surface area contributed by atoms with Gasteiger partial charge in [0.25, 0.3) is 0 Å². The fraction of sp³-hybridized carbons (Fsp3) is 0.929. The topological polar surface area (TPSA) is 173 Å². The molecule has 148 valence electrons. The molecule has 0 bridgehead atoms. The maximum Gasteiger partial charge on any atom is 0.246 e. The SMILES string of the molecule is NCCOCCOCCNC(=O)COCC1O[C@@H](O)C(O)[C@@H](O)[C@@H]1O. The second-order valence-electron chi connectivity index (χ2n) is 5.42. The third-order valence-corrected chi connectivity index (χ3v) is 3.41. The van der Waals surface area contributed by atoms with E-state index in [1.165, 1.54) is 0 Å². The highest BCUT2D eigenvalue weighted by Gasteiger charge is 2.42. The molecule has 1 saturated heterocycles. The summed E-state index contributed by atoms with van der Waals surface area (Å²) < 4.78 is 20.3. The number of aliphatic hydroxyl groups excluding tert-OH is 4. The zero-order valence-corrected chi connectivity index (χ0v) is 14.0. The zero-order valence-electron chi connectivity index (χ0n) is 14.0. The maximum absolute atomic E-state index is 11.5. The highest BCUT2D eigenvalue weighted by molar-refractivity contribution is 5.77. The Balaban J connectivity index is 2.05. The third kappa shape index (κ3) is 8.35. The smallest absolute Gasteiger partial charge is 0.246 e. The highest BCUT2D eigenvalue weighted by atomic mass is 16.6. The molecular formula is C14H28N2O9. The number of aliphatic hydroxyl groups is 4. The lowest BCUT2D eigenvalue weighted by molar-refractivity contribution is -0.288. The number of hydrogen-bond donors (Lipinski definition) is 6. The van der Waals surface area contributed by atoms with Crippen molar-refractivity contribution in [1.29, 1.82) is 0 Å². The highest BCUT2D eigenvalue weighted by Crippen LogP contribution is 2.19. The van der Waals surface area contributed by atoms with Gasteiger partial charge in [0.1, 0.15) is 31.0 Å². The molecule has 25 heavy (non-hydrogen) atoms. The van der Waals surface area contributed by atoms with E-state index in [4.69, 9.17) is 24.7 Å². The van der Waals surface area contributed by atoms with Crippen LogP contribution in [0.3, 0.4) is 0 Å². The van der Waals surface area contributed by atoms with Gasteiger partial charge in [-0.25, -0.2) is 0 Å². The van der Waals surface area contributed by atoms with Gasteiger partial charge in [-0.05, 0) is 0 Å². The van der Waals surface area contributed by atoms with Crippen molar-refractivity contribution in [2.45, 2.75) is 30.7 Å². The van der Waals surface area contributed by atoms with Gasteiger partial charge in [-0.3, -0.25) is 4.79 Å². The predicted octanol–water partition coefficient (Wildman–Crippen LogP) is -4.09. The van der Waals surface area contributed by atoms with Gasteiger partial charge in [0.15, 0.2) is 6.29 Å².